The summed E-state index contributed by atoms with van der Waals surface area (Å²) in [6, 6.07) is 16.6. The first-order valence-corrected chi connectivity index (χ1v) is 9.71. The van der Waals surface area contributed by atoms with Crippen LogP contribution >= 0.6 is 11.8 Å². The largest absolute Gasteiger partial charge is 0.493 e. The highest BCUT2D eigenvalue weighted by atomic mass is 32.2. The number of nitrogens with zero attached hydrogens (tertiary/aromatic N) is 3. The van der Waals surface area contributed by atoms with Gasteiger partial charge in [0.2, 0.25) is 0 Å². The van der Waals surface area contributed by atoms with E-state index in [0.717, 1.165) is 29.7 Å². The molecule has 0 saturated carbocycles. The zero-order valence-electron chi connectivity index (χ0n) is 15.0. The van der Waals surface area contributed by atoms with Crippen molar-refractivity contribution in [1.29, 1.82) is 0 Å². The average Bonchev–Trinajstić information content (AvgIpc) is 3.07. The van der Waals surface area contributed by atoms with Crippen LogP contribution in [0.15, 0.2) is 59.8 Å². The Morgan fingerprint density at radius 2 is 1.85 bits per heavy atom. The molecule has 0 saturated heterocycles. The lowest BCUT2D eigenvalue weighted by atomic mass is 10.1. The number of aromatic nitrogens is 3. The molecule has 1 N–H and O–H groups in total. The number of hydrogen-bond acceptors (Lipinski definition) is 5. The molecule has 0 amide bonds. The van der Waals surface area contributed by atoms with Crippen molar-refractivity contribution in [2.24, 2.45) is 0 Å². The van der Waals surface area contributed by atoms with E-state index in [2.05, 4.69) is 33.8 Å². The lowest BCUT2D eigenvalue weighted by Gasteiger charge is -2.08. The van der Waals surface area contributed by atoms with Crippen molar-refractivity contribution in [3.05, 3.63) is 71.5 Å². The second-order valence-corrected chi connectivity index (χ2v) is 6.89. The number of thioether (sulfide) groups is 1. The minimum absolute atomic E-state index is 0.249. The number of hydrogen-bond donors (Lipinski definition) is 1. The molecule has 1 aromatic heterocycles. The van der Waals surface area contributed by atoms with Crippen molar-refractivity contribution in [2.45, 2.75) is 25.0 Å². The minimum atomic E-state index is -0.942. The van der Waals surface area contributed by atoms with Crippen molar-refractivity contribution >= 4 is 17.7 Å². The number of aromatic carboxylic acids is 1. The fourth-order valence-corrected chi connectivity index (χ4v) is 3.48. The predicted molar refractivity (Wildman–Crippen MR) is 105 cm³/mol. The molecule has 0 aliphatic rings. The third-order valence-corrected chi connectivity index (χ3v) is 4.93. The molecule has 0 aliphatic carbocycles. The molecular weight excluding hydrogens is 362 g/mol. The SMILES string of the molecule is CCn1c(Cc2ccccc2)nnc1SCCOc1ccc(C(=O)O)cc1. The molecule has 2 aromatic carbocycles. The van der Waals surface area contributed by atoms with Crippen LogP contribution in [-0.4, -0.2) is 38.2 Å². The lowest BCUT2D eigenvalue weighted by molar-refractivity contribution is 0.0697. The van der Waals surface area contributed by atoms with Crippen LogP contribution in [-0.2, 0) is 13.0 Å². The van der Waals surface area contributed by atoms with Crippen LogP contribution in [0.3, 0.4) is 0 Å². The monoisotopic (exact) mass is 383 g/mol. The molecule has 0 radical (unpaired) electrons. The molecule has 1 heterocycles. The number of rotatable bonds is 9. The van der Waals surface area contributed by atoms with Crippen molar-refractivity contribution in [2.75, 3.05) is 12.4 Å². The van der Waals surface area contributed by atoms with Crippen molar-refractivity contribution in [1.82, 2.24) is 14.8 Å². The van der Waals surface area contributed by atoms with Crippen LogP contribution in [0.1, 0.15) is 28.7 Å². The number of carboxylic acids is 1. The van der Waals surface area contributed by atoms with Gasteiger partial charge < -0.3 is 14.4 Å². The highest BCUT2D eigenvalue weighted by molar-refractivity contribution is 7.99. The van der Waals surface area contributed by atoms with Gasteiger partial charge in [0.05, 0.1) is 12.2 Å². The smallest absolute Gasteiger partial charge is 0.335 e. The van der Waals surface area contributed by atoms with Gasteiger partial charge in [-0.3, -0.25) is 0 Å². The Bertz CT molecular complexity index is 879. The highest BCUT2D eigenvalue weighted by Gasteiger charge is 2.12. The van der Waals surface area contributed by atoms with Gasteiger partial charge in [-0.1, -0.05) is 42.1 Å². The van der Waals surface area contributed by atoms with Crippen LogP contribution in [0.5, 0.6) is 5.75 Å². The molecular formula is C20H21N3O3S. The molecule has 0 spiro atoms. The van der Waals surface area contributed by atoms with Crippen molar-refractivity contribution in [3.63, 3.8) is 0 Å². The predicted octanol–water partition coefficient (Wildman–Crippen LogP) is 3.76. The maximum atomic E-state index is 10.8. The topological polar surface area (TPSA) is 77.2 Å². The molecule has 0 aliphatic heterocycles. The van der Waals surface area contributed by atoms with E-state index < -0.39 is 5.97 Å². The second-order valence-electron chi connectivity index (χ2n) is 5.83. The van der Waals surface area contributed by atoms with Gasteiger partial charge in [0.1, 0.15) is 11.6 Å². The summed E-state index contributed by atoms with van der Waals surface area (Å²) in [7, 11) is 0. The number of carbonyl (C=O) groups is 1. The van der Waals surface area contributed by atoms with Gasteiger partial charge in [0.15, 0.2) is 5.16 Å². The standard InChI is InChI=1S/C20H21N3O3S/c1-2-23-18(14-15-6-4-3-5-7-15)21-22-20(23)27-13-12-26-17-10-8-16(9-11-17)19(24)25/h3-11H,2,12-14H2,1H3,(H,24,25). The quantitative estimate of drug-likeness (QED) is 0.448. The molecule has 7 heteroatoms. The maximum absolute atomic E-state index is 10.8. The Labute approximate surface area is 162 Å². The first-order chi connectivity index (χ1) is 13.2. The van der Waals surface area contributed by atoms with Gasteiger partial charge in [-0.25, -0.2) is 4.79 Å². The van der Waals surface area contributed by atoms with E-state index in [1.54, 1.807) is 23.9 Å². The second kappa shape index (κ2) is 9.23. The molecule has 3 rings (SSSR count). The summed E-state index contributed by atoms with van der Waals surface area (Å²) in [6.07, 6.45) is 0.759. The van der Waals surface area contributed by atoms with Crippen molar-refractivity contribution in [3.8, 4) is 5.75 Å². The van der Waals surface area contributed by atoms with Crippen molar-refractivity contribution < 1.29 is 14.6 Å². The van der Waals surface area contributed by atoms with Crippen LogP contribution in [0.25, 0.3) is 0 Å². The van der Waals surface area contributed by atoms with Gasteiger partial charge in [-0.2, -0.15) is 0 Å². The van der Waals surface area contributed by atoms with Crippen LogP contribution in [0.2, 0.25) is 0 Å². The van der Waals surface area contributed by atoms with E-state index in [9.17, 15) is 4.79 Å². The summed E-state index contributed by atoms with van der Waals surface area (Å²) in [4.78, 5) is 10.8. The van der Waals surface area contributed by atoms with Gasteiger partial charge in [-0.15, -0.1) is 10.2 Å². The summed E-state index contributed by atoms with van der Waals surface area (Å²) in [5, 5.41) is 18.4. The first-order valence-electron chi connectivity index (χ1n) is 8.72. The van der Waals surface area contributed by atoms with Gasteiger partial charge in [-0.05, 0) is 36.8 Å². The van der Waals surface area contributed by atoms with E-state index in [4.69, 9.17) is 9.84 Å². The fourth-order valence-electron chi connectivity index (χ4n) is 2.64. The van der Waals surface area contributed by atoms with Crippen LogP contribution < -0.4 is 4.74 Å². The first kappa shape index (κ1) is 19.0. The number of ether oxygens (including phenoxy) is 1. The zero-order valence-corrected chi connectivity index (χ0v) is 15.9. The fraction of sp³-hybridized carbons (Fsp3) is 0.250. The minimum Gasteiger partial charge on any atom is -0.493 e. The number of benzene rings is 2. The Hall–Kier alpha value is -2.80. The Morgan fingerprint density at radius 3 is 2.52 bits per heavy atom. The Balaban J connectivity index is 1.53. The molecule has 0 bridgehead atoms. The Kier molecular flexibility index (Phi) is 6.49. The van der Waals surface area contributed by atoms with Gasteiger partial charge in [0, 0.05) is 18.7 Å². The normalized spacial score (nSPS) is 10.7. The zero-order chi connectivity index (χ0) is 19.1. The van der Waals surface area contributed by atoms with Gasteiger partial charge >= 0.3 is 5.97 Å². The Morgan fingerprint density at radius 1 is 1.11 bits per heavy atom. The lowest BCUT2D eigenvalue weighted by Crippen LogP contribution is -2.06. The molecule has 140 valence electrons. The number of carboxylic acid groups (broad SMARTS) is 1. The summed E-state index contributed by atoms with van der Waals surface area (Å²) in [6.45, 7) is 3.40. The van der Waals surface area contributed by atoms with E-state index in [1.165, 1.54) is 17.7 Å². The summed E-state index contributed by atoms with van der Waals surface area (Å²) < 4.78 is 7.79. The third-order valence-electron chi connectivity index (χ3n) is 4.00. The molecule has 0 unspecified atom stereocenters. The van der Waals surface area contributed by atoms with E-state index in [-0.39, 0.29) is 5.56 Å². The maximum Gasteiger partial charge on any atom is 0.335 e. The molecule has 6 nitrogen and oxygen atoms in total. The van der Waals surface area contributed by atoms with Crippen LogP contribution in [0, 0.1) is 0 Å². The van der Waals surface area contributed by atoms with E-state index in [0.29, 0.717) is 12.4 Å². The summed E-state index contributed by atoms with van der Waals surface area (Å²) >= 11 is 1.60. The van der Waals surface area contributed by atoms with Gasteiger partial charge in [0.25, 0.3) is 0 Å². The summed E-state index contributed by atoms with van der Waals surface area (Å²) in [5.74, 6) is 1.39. The summed E-state index contributed by atoms with van der Waals surface area (Å²) in [5.41, 5.74) is 1.46. The third kappa shape index (κ3) is 5.10. The van der Waals surface area contributed by atoms with E-state index in [1.807, 2.05) is 18.2 Å². The van der Waals surface area contributed by atoms with E-state index >= 15 is 0 Å². The van der Waals surface area contributed by atoms with Crippen LogP contribution in [0.4, 0.5) is 0 Å². The highest BCUT2D eigenvalue weighted by Crippen LogP contribution is 2.19. The average molecular weight is 383 g/mol. The molecule has 27 heavy (non-hydrogen) atoms. The molecule has 0 fully saturated rings. The molecule has 3 aromatic rings. The molecule has 0 atom stereocenters.